The normalized spacial score (nSPS) is 16.9. The molecule has 1 aliphatic heterocycles. The third-order valence-corrected chi connectivity index (χ3v) is 3.25. The van der Waals surface area contributed by atoms with Crippen LogP contribution < -0.4 is 15.4 Å². The minimum Gasteiger partial charge on any atom is -0.619 e. The lowest BCUT2D eigenvalue weighted by atomic mass is 10.0. The number of rotatable bonds is 5. The summed E-state index contributed by atoms with van der Waals surface area (Å²) in [6.07, 6.45) is 2.32. The van der Waals surface area contributed by atoms with Crippen molar-refractivity contribution in [2.45, 2.75) is 19.9 Å². The standard InChI is InChI=1S/C15H17N3O6/c1-3-23-14(20)12-9(2)16-15(21)17-11(12)8-24-13(19)10-4-6-18(22)7-5-10/h4-7,9H,3,8H2,1-2H3,(H2,16,17,21)/t9-/m1/s1. The SMILES string of the molecule is CCOC(=O)C1=C(COC(=O)c2cc[n+]([O-])cc2)NC(=O)N[C@@H]1C. The second-order valence-electron chi connectivity index (χ2n) is 4.96. The van der Waals surface area contributed by atoms with Crippen molar-refractivity contribution in [3.8, 4) is 0 Å². The number of pyridine rings is 1. The van der Waals surface area contributed by atoms with Crippen molar-refractivity contribution in [1.82, 2.24) is 10.6 Å². The Morgan fingerprint density at radius 2 is 1.92 bits per heavy atom. The predicted molar refractivity (Wildman–Crippen MR) is 80.5 cm³/mol. The van der Waals surface area contributed by atoms with Gasteiger partial charge in [0.25, 0.3) is 0 Å². The molecule has 0 aromatic carbocycles. The molecule has 24 heavy (non-hydrogen) atoms. The summed E-state index contributed by atoms with van der Waals surface area (Å²) in [5.41, 5.74) is 0.524. The smallest absolute Gasteiger partial charge is 0.338 e. The lowest BCUT2D eigenvalue weighted by Crippen LogP contribution is -2.50. The molecule has 0 fully saturated rings. The molecule has 0 aliphatic carbocycles. The molecular weight excluding hydrogens is 318 g/mol. The molecule has 9 heteroatoms. The molecule has 0 bridgehead atoms. The fraction of sp³-hybridized carbons (Fsp3) is 0.333. The lowest BCUT2D eigenvalue weighted by Gasteiger charge is -2.26. The van der Waals surface area contributed by atoms with Gasteiger partial charge in [0.2, 0.25) is 0 Å². The number of nitrogens with zero attached hydrogens (tertiary/aromatic N) is 1. The molecule has 0 spiro atoms. The molecule has 2 rings (SSSR count). The van der Waals surface area contributed by atoms with Crippen molar-refractivity contribution in [3.05, 3.63) is 46.6 Å². The number of esters is 2. The van der Waals surface area contributed by atoms with Crippen LogP contribution in [0.5, 0.6) is 0 Å². The summed E-state index contributed by atoms with van der Waals surface area (Å²) >= 11 is 0. The van der Waals surface area contributed by atoms with Crippen molar-refractivity contribution in [3.63, 3.8) is 0 Å². The Balaban J connectivity index is 2.15. The van der Waals surface area contributed by atoms with E-state index in [9.17, 15) is 19.6 Å². The Bertz CT molecular complexity index is 683. The number of ether oxygens (including phenoxy) is 2. The Hall–Kier alpha value is -3.10. The summed E-state index contributed by atoms with van der Waals surface area (Å²) in [5, 5.41) is 15.9. The van der Waals surface area contributed by atoms with Gasteiger partial charge in [-0.15, -0.1) is 0 Å². The van der Waals surface area contributed by atoms with E-state index < -0.39 is 24.0 Å². The van der Waals surface area contributed by atoms with Gasteiger partial charge in [-0.25, -0.2) is 14.4 Å². The first-order valence-electron chi connectivity index (χ1n) is 7.26. The largest absolute Gasteiger partial charge is 0.619 e. The van der Waals surface area contributed by atoms with Crippen molar-refractivity contribution in [2.75, 3.05) is 13.2 Å². The van der Waals surface area contributed by atoms with Gasteiger partial charge in [0.15, 0.2) is 12.4 Å². The number of urea groups is 1. The fourth-order valence-electron chi connectivity index (χ4n) is 2.16. The maximum atomic E-state index is 12.0. The molecule has 1 aromatic heterocycles. The average molecular weight is 335 g/mol. The summed E-state index contributed by atoms with van der Waals surface area (Å²) in [7, 11) is 0. The van der Waals surface area contributed by atoms with E-state index in [0.717, 1.165) is 12.4 Å². The minimum absolute atomic E-state index is 0.160. The lowest BCUT2D eigenvalue weighted by molar-refractivity contribution is -0.605. The molecule has 128 valence electrons. The first kappa shape index (κ1) is 17.3. The molecule has 0 saturated heterocycles. The van der Waals surface area contributed by atoms with E-state index in [1.54, 1.807) is 13.8 Å². The molecule has 2 amide bonds. The van der Waals surface area contributed by atoms with Gasteiger partial charge >= 0.3 is 18.0 Å². The van der Waals surface area contributed by atoms with E-state index >= 15 is 0 Å². The zero-order valence-corrected chi connectivity index (χ0v) is 13.2. The minimum atomic E-state index is -0.688. The molecule has 2 heterocycles. The zero-order chi connectivity index (χ0) is 17.7. The molecule has 2 N–H and O–H groups in total. The third kappa shape index (κ3) is 4.00. The van der Waals surface area contributed by atoms with E-state index in [2.05, 4.69) is 10.6 Å². The van der Waals surface area contributed by atoms with Gasteiger partial charge in [0.05, 0.1) is 29.5 Å². The van der Waals surface area contributed by atoms with Crippen LogP contribution in [0, 0.1) is 5.21 Å². The highest BCUT2D eigenvalue weighted by Gasteiger charge is 2.30. The van der Waals surface area contributed by atoms with Crippen LogP contribution in [0.4, 0.5) is 4.79 Å². The first-order valence-corrected chi connectivity index (χ1v) is 7.26. The Labute approximate surface area is 137 Å². The number of aromatic nitrogens is 1. The number of hydrogen-bond acceptors (Lipinski definition) is 6. The van der Waals surface area contributed by atoms with Crippen LogP contribution in [-0.4, -0.2) is 37.2 Å². The summed E-state index contributed by atoms with van der Waals surface area (Å²) in [5.74, 6) is -1.29. The maximum Gasteiger partial charge on any atom is 0.338 e. The first-order chi connectivity index (χ1) is 11.4. The molecule has 0 unspecified atom stereocenters. The van der Waals surface area contributed by atoms with Crippen LogP contribution >= 0.6 is 0 Å². The van der Waals surface area contributed by atoms with Gasteiger partial charge in [-0.3, -0.25) is 0 Å². The quantitative estimate of drug-likeness (QED) is 0.444. The summed E-state index contributed by atoms with van der Waals surface area (Å²) < 4.78 is 10.6. The number of hydrogen-bond donors (Lipinski definition) is 2. The molecule has 0 radical (unpaired) electrons. The highest BCUT2D eigenvalue weighted by Crippen LogP contribution is 2.15. The maximum absolute atomic E-state index is 12.0. The van der Waals surface area contributed by atoms with Gasteiger partial charge in [-0.1, -0.05) is 0 Å². The van der Waals surface area contributed by atoms with Crippen molar-refractivity contribution in [2.24, 2.45) is 0 Å². The predicted octanol–water partition coefficient (Wildman–Crippen LogP) is -0.00470. The van der Waals surface area contributed by atoms with E-state index in [1.165, 1.54) is 12.1 Å². The van der Waals surface area contributed by atoms with Crippen molar-refractivity contribution < 1.29 is 28.6 Å². The van der Waals surface area contributed by atoms with Crippen LogP contribution in [-0.2, 0) is 14.3 Å². The number of nitrogens with one attached hydrogen (secondary N) is 2. The number of carbonyl (C=O) groups excluding carboxylic acids is 3. The second kappa shape index (κ2) is 7.44. The van der Waals surface area contributed by atoms with Gasteiger partial charge < -0.3 is 25.3 Å². The zero-order valence-electron chi connectivity index (χ0n) is 13.2. The highest BCUT2D eigenvalue weighted by molar-refractivity contribution is 5.95. The molecule has 0 saturated carbocycles. The van der Waals surface area contributed by atoms with Crippen molar-refractivity contribution in [1.29, 1.82) is 0 Å². The highest BCUT2D eigenvalue weighted by atomic mass is 16.5. The van der Waals surface area contributed by atoms with Gasteiger partial charge in [-0.2, -0.15) is 4.73 Å². The van der Waals surface area contributed by atoms with Crippen LogP contribution in [0.2, 0.25) is 0 Å². The van der Waals surface area contributed by atoms with Gasteiger partial charge in [-0.05, 0) is 13.8 Å². The van der Waals surface area contributed by atoms with E-state index in [0.29, 0.717) is 4.73 Å². The topological polar surface area (TPSA) is 121 Å². The summed E-state index contributed by atoms with van der Waals surface area (Å²) in [4.78, 5) is 35.6. The van der Waals surface area contributed by atoms with Crippen LogP contribution in [0.3, 0.4) is 0 Å². The second-order valence-corrected chi connectivity index (χ2v) is 4.96. The van der Waals surface area contributed by atoms with Gasteiger partial charge in [0, 0.05) is 12.1 Å². The number of carbonyl (C=O) groups is 3. The van der Waals surface area contributed by atoms with E-state index in [4.69, 9.17) is 9.47 Å². The molecule has 9 nitrogen and oxygen atoms in total. The molecule has 1 aliphatic rings. The molecular formula is C15H17N3O6. The molecule has 1 aromatic rings. The van der Waals surface area contributed by atoms with E-state index in [-0.39, 0.29) is 30.0 Å². The van der Waals surface area contributed by atoms with Crippen LogP contribution in [0.25, 0.3) is 0 Å². The Kier molecular flexibility index (Phi) is 5.35. The third-order valence-electron chi connectivity index (χ3n) is 3.25. The Morgan fingerprint density at radius 1 is 1.25 bits per heavy atom. The van der Waals surface area contributed by atoms with Crippen molar-refractivity contribution >= 4 is 18.0 Å². The molecule has 1 atom stereocenters. The average Bonchev–Trinajstić information content (AvgIpc) is 2.52. The van der Waals surface area contributed by atoms with Gasteiger partial charge in [0.1, 0.15) is 6.61 Å². The summed E-state index contributed by atoms with van der Waals surface area (Å²) in [6, 6.07) is 1.52. The number of amides is 2. The van der Waals surface area contributed by atoms with Crippen LogP contribution in [0.1, 0.15) is 24.2 Å². The Morgan fingerprint density at radius 3 is 2.54 bits per heavy atom. The van der Waals surface area contributed by atoms with E-state index in [1.807, 2.05) is 0 Å². The fourth-order valence-corrected chi connectivity index (χ4v) is 2.16. The monoisotopic (exact) mass is 335 g/mol. The van der Waals surface area contributed by atoms with Crippen LogP contribution in [0.15, 0.2) is 35.8 Å². The summed E-state index contributed by atoms with van der Waals surface area (Å²) in [6.45, 7) is 3.15.